The second-order valence-electron chi connectivity index (χ2n) is 27.0. The minimum atomic E-state index is -4.74. The van der Waals surface area contributed by atoms with Gasteiger partial charge in [0.25, 0.3) is 0 Å². The number of hydrogen-bond acceptors (Lipinski definition) is 16. The Morgan fingerprint density at radius 3 is 0.331 bits per heavy atom. The highest BCUT2D eigenvalue weighted by Gasteiger charge is 2.39. The van der Waals surface area contributed by atoms with Crippen molar-refractivity contribution in [1.82, 2.24) is 0 Å². The quantitative estimate of drug-likeness (QED) is 0.0329. The van der Waals surface area contributed by atoms with Crippen molar-refractivity contribution in [3.05, 3.63) is 504 Å². The molecule has 16 N–H and O–H groups in total. The number of quaternary nitrogens is 4. The fraction of sp³-hybridized carbons (Fsp3) is 0.0800. The molecule has 0 aromatic heterocycles. The zero-order valence-corrected chi connectivity index (χ0v) is 72.0. The Balaban J connectivity index is 0.000000201. The molecule has 0 aliphatic rings. The van der Waals surface area contributed by atoms with Gasteiger partial charge in [0.05, 0.1) is 19.6 Å². The Bertz CT molecular complexity index is 5180. The van der Waals surface area contributed by atoms with Crippen LogP contribution in [0, 0.1) is 0 Å². The molecule has 0 unspecified atom stereocenters. The van der Waals surface area contributed by atoms with Gasteiger partial charge in [0.1, 0.15) is 40.5 Å². The highest BCUT2D eigenvalue weighted by atomic mass is 32.2. The molecular weight excluding hydrogens is 1640 g/mol. The van der Waals surface area contributed by atoms with Crippen LogP contribution in [-0.4, -0.2) is 101 Å². The van der Waals surface area contributed by atoms with Crippen molar-refractivity contribution in [1.29, 1.82) is 0 Å². The Hall–Kier alpha value is -12.6. The highest BCUT2D eigenvalue weighted by molar-refractivity contribution is 7.87. The standard InChI is InChI=1S/4C19H17N.2C10H8O6S2.4CH4O/c4*20-19(16-10-4-1-5-11-16,17-12-6-2-7-13-17)18-14-8-3-9-15-18;2*11-17(12,13)9-5-1-3-7-8(9)4-2-6-10(7)18(14,15)16;4*1-2/h4*1-15H,20H2;2*1-6H,(H,11,12,13)(H,14,15,16);4*2H,1H3. The van der Waals surface area contributed by atoms with Crippen LogP contribution in [0.3, 0.4) is 0 Å². The summed E-state index contributed by atoms with van der Waals surface area (Å²) in [4.78, 5) is -2.20. The summed E-state index contributed by atoms with van der Waals surface area (Å²) in [5.41, 5.74) is 31.3. The molecular formula is C100H100N4O16S4. The Kier molecular flexibility index (Phi) is 37.4. The summed E-state index contributed by atoms with van der Waals surface area (Å²) in [6.07, 6.45) is 0. The molecule has 640 valence electrons. The SMILES string of the molecule is CO.CO.CO.CO.O=S(=O)([O-])c1cccc2c(S(=O)(=O)[O-])cccc12.O=S(=O)([O-])c1cccc2c(S(=O)(=O)[O-])cccc12.[NH3+]C(c1ccccc1)(c1ccccc1)c1ccccc1.[NH3+]C(c1ccccc1)(c1ccccc1)c1ccccc1.[NH3+]C(c1ccccc1)(c1ccccc1)c1ccccc1.[NH3+]C(c1ccccc1)(c1ccccc1)c1ccccc1. The zero-order valence-electron chi connectivity index (χ0n) is 68.7. The lowest BCUT2D eigenvalue weighted by atomic mass is 9.78. The van der Waals surface area contributed by atoms with Gasteiger partial charge in [-0.25, -0.2) is 33.7 Å². The molecule has 0 aliphatic heterocycles. The second kappa shape index (κ2) is 47.1. The van der Waals surface area contributed by atoms with Crippen molar-refractivity contribution >= 4 is 62.0 Å². The maximum absolute atomic E-state index is 11.0. The van der Waals surface area contributed by atoms with Crippen LogP contribution in [0.15, 0.2) is 456 Å². The van der Waals surface area contributed by atoms with Crippen LogP contribution in [0.2, 0.25) is 0 Å². The lowest BCUT2D eigenvalue weighted by Crippen LogP contribution is -2.71. The minimum absolute atomic E-state index is 0.0792. The first-order chi connectivity index (χ1) is 59.7. The fourth-order valence-corrected chi connectivity index (χ4v) is 16.8. The van der Waals surface area contributed by atoms with Gasteiger partial charge >= 0.3 is 0 Å². The highest BCUT2D eigenvalue weighted by Crippen LogP contribution is 2.37. The summed E-state index contributed by atoms with van der Waals surface area (Å²) in [6.45, 7) is 0. The summed E-state index contributed by atoms with van der Waals surface area (Å²) in [6, 6.07) is 140. The van der Waals surface area contributed by atoms with Gasteiger partial charge in [0.2, 0.25) is 0 Å². The Labute approximate surface area is 726 Å². The van der Waals surface area contributed by atoms with E-state index >= 15 is 0 Å². The summed E-state index contributed by atoms with van der Waals surface area (Å²) in [5, 5.41) is 27.7. The first-order valence-electron chi connectivity index (χ1n) is 38.4. The molecule has 0 saturated heterocycles. The number of aliphatic hydroxyl groups excluding tert-OH is 4. The van der Waals surface area contributed by atoms with Crippen LogP contribution >= 0.6 is 0 Å². The molecule has 0 amide bonds. The third-order valence-electron chi connectivity index (χ3n) is 20.0. The van der Waals surface area contributed by atoms with Gasteiger partial charge in [-0.2, -0.15) is 0 Å². The lowest BCUT2D eigenvalue weighted by Gasteiger charge is -2.27. The van der Waals surface area contributed by atoms with Crippen molar-refractivity contribution in [3.63, 3.8) is 0 Å². The predicted octanol–water partition coefficient (Wildman–Crippen LogP) is 12.6. The number of aliphatic hydroxyl groups is 4. The molecule has 16 rings (SSSR count). The maximum Gasteiger partial charge on any atom is 0.172 e. The molecule has 16 aromatic carbocycles. The van der Waals surface area contributed by atoms with E-state index in [0.29, 0.717) is 0 Å². The largest absolute Gasteiger partial charge is 0.744 e. The predicted molar refractivity (Wildman–Crippen MR) is 481 cm³/mol. The lowest BCUT2D eigenvalue weighted by molar-refractivity contribution is -0.455. The normalized spacial score (nSPS) is 11.2. The zero-order chi connectivity index (χ0) is 90.5. The van der Waals surface area contributed by atoms with Crippen LogP contribution in [0.5, 0.6) is 0 Å². The van der Waals surface area contributed by atoms with Crippen LogP contribution in [0.1, 0.15) is 66.8 Å². The van der Waals surface area contributed by atoms with E-state index in [9.17, 15) is 51.9 Å². The van der Waals surface area contributed by atoms with Gasteiger partial charge in [0.15, 0.2) is 22.2 Å². The number of benzene rings is 16. The van der Waals surface area contributed by atoms with E-state index in [1.165, 1.54) is 115 Å². The second-order valence-corrected chi connectivity index (χ2v) is 32.4. The van der Waals surface area contributed by atoms with E-state index in [1.807, 2.05) is 72.8 Å². The van der Waals surface area contributed by atoms with Crippen LogP contribution in [-0.2, 0) is 62.6 Å². The topological polar surface area (TPSA) is 420 Å². The van der Waals surface area contributed by atoms with Crippen LogP contribution in [0.25, 0.3) is 21.5 Å². The Morgan fingerprint density at radius 2 is 0.250 bits per heavy atom. The maximum atomic E-state index is 11.0. The molecule has 16 aromatic rings. The summed E-state index contributed by atoms with van der Waals surface area (Å²) >= 11 is 0. The van der Waals surface area contributed by atoms with Crippen LogP contribution in [0.4, 0.5) is 0 Å². The van der Waals surface area contributed by atoms with Crippen molar-refractivity contribution in [2.75, 3.05) is 28.4 Å². The van der Waals surface area contributed by atoms with Crippen LogP contribution < -0.4 is 22.9 Å². The van der Waals surface area contributed by atoms with E-state index in [-0.39, 0.29) is 43.7 Å². The summed E-state index contributed by atoms with van der Waals surface area (Å²) < 4.78 is 132. The van der Waals surface area contributed by atoms with Gasteiger partial charge < -0.3 is 61.6 Å². The minimum Gasteiger partial charge on any atom is -0.744 e. The molecule has 0 atom stereocenters. The van der Waals surface area contributed by atoms with E-state index in [0.717, 1.165) is 52.7 Å². The molecule has 20 nitrogen and oxygen atoms in total. The van der Waals surface area contributed by atoms with Crippen molar-refractivity contribution in [2.45, 2.75) is 41.7 Å². The van der Waals surface area contributed by atoms with E-state index in [1.54, 1.807) is 0 Å². The van der Waals surface area contributed by atoms with Crippen molar-refractivity contribution < 1.29 is 95.2 Å². The average molecular weight is 1740 g/mol. The molecule has 0 aliphatic carbocycles. The smallest absolute Gasteiger partial charge is 0.172 e. The van der Waals surface area contributed by atoms with E-state index in [2.05, 4.69) is 314 Å². The Morgan fingerprint density at radius 1 is 0.161 bits per heavy atom. The number of rotatable bonds is 16. The molecule has 24 heteroatoms. The van der Waals surface area contributed by atoms with Gasteiger partial charge in [0, 0.05) is 117 Å². The first kappa shape index (κ1) is 98.5. The number of hydrogen-bond donors (Lipinski definition) is 8. The fourth-order valence-electron chi connectivity index (χ4n) is 14.0. The van der Waals surface area contributed by atoms with Crippen molar-refractivity contribution in [2.24, 2.45) is 0 Å². The van der Waals surface area contributed by atoms with Gasteiger partial charge in [-0.1, -0.05) is 413 Å². The molecule has 0 fully saturated rings. The average Bonchev–Trinajstić information content (AvgIpc) is 0.805. The van der Waals surface area contributed by atoms with E-state index in [4.69, 9.17) is 20.4 Å². The molecule has 0 bridgehead atoms. The third-order valence-corrected chi connectivity index (χ3v) is 23.5. The molecule has 124 heavy (non-hydrogen) atoms. The third kappa shape index (κ3) is 24.8. The van der Waals surface area contributed by atoms with Gasteiger partial charge in [-0.05, 0) is 24.3 Å². The van der Waals surface area contributed by atoms with Crippen molar-refractivity contribution in [3.8, 4) is 0 Å². The summed E-state index contributed by atoms with van der Waals surface area (Å²) in [5.74, 6) is 0. The van der Waals surface area contributed by atoms with Gasteiger partial charge in [-0.15, -0.1) is 0 Å². The monoisotopic (exact) mass is 1740 g/mol. The first-order valence-corrected chi connectivity index (χ1v) is 44.1. The van der Waals surface area contributed by atoms with E-state index < -0.39 is 60.1 Å². The molecule has 0 radical (unpaired) electrons. The molecule has 0 heterocycles. The summed E-state index contributed by atoms with van der Waals surface area (Å²) in [7, 11) is -15.0. The molecule has 0 saturated carbocycles. The molecule has 0 spiro atoms. The number of fused-ring (bicyclic) bond motifs is 2. The van der Waals surface area contributed by atoms with Gasteiger partial charge in [-0.3, -0.25) is 0 Å².